The number of ether oxygens (including phenoxy) is 1. The molecule has 2 atom stereocenters. The van der Waals surface area contributed by atoms with Crippen LogP contribution in [0.15, 0.2) is 24.3 Å². The van der Waals surface area contributed by atoms with Gasteiger partial charge in [-0.05, 0) is 36.5 Å². The van der Waals surface area contributed by atoms with E-state index in [1.165, 1.54) is 0 Å². The van der Waals surface area contributed by atoms with Crippen LogP contribution < -0.4 is 11.1 Å². The fourth-order valence-corrected chi connectivity index (χ4v) is 2.32. The second-order valence-corrected chi connectivity index (χ2v) is 5.25. The van der Waals surface area contributed by atoms with Crippen molar-refractivity contribution < 1.29 is 14.3 Å². The summed E-state index contributed by atoms with van der Waals surface area (Å²) in [7, 11) is 0. The third-order valence-electron chi connectivity index (χ3n) is 3.23. The van der Waals surface area contributed by atoms with Gasteiger partial charge in [-0.1, -0.05) is 23.7 Å². The predicted molar refractivity (Wildman–Crippen MR) is 75.5 cm³/mol. The number of carbonyl (C=O) groups excluding carboxylic acids is 2. The number of nitrogens with two attached hydrogens (primary N) is 1. The van der Waals surface area contributed by atoms with Gasteiger partial charge in [0.15, 0.2) is 0 Å². The van der Waals surface area contributed by atoms with Gasteiger partial charge in [-0.2, -0.15) is 0 Å². The topological polar surface area (TPSA) is 81.4 Å². The first kappa shape index (κ1) is 14.7. The number of amides is 2. The minimum Gasteiger partial charge on any atom is -0.465 e. The van der Waals surface area contributed by atoms with Gasteiger partial charge in [-0.25, -0.2) is 4.79 Å². The molecule has 108 valence electrons. The summed E-state index contributed by atoms with van der Waals surface area (Å²) < 4.78 is 5.17. The Bertz CT molecular complexity index is 507. The average molecular weight is 297 g/mol. The molecule has 1 fully saturated rings. The van der Waals surface area contributed by atoms with Crippen LogP contribution in [-0.2, 0) is 9.53 Å². The van der Waals surface area contributed by atoms with Crippen molar-refractivity contribution >= 4 is 23.6 Å². The molecule has 1 saturated carbocycles. The van der Waals surface area contributed by atoms with Crippen LogP contribution in [0.3, 0.4) is 0 Å². The number of primary amides is 1. The van der Waals surface area contributed by atoms with E-state index < -0.39 is 6.03 Å². The maximum Gasteiger partial charge on any atom is 0.312 e. The fraction of sp³-hybridized carbons (Fsp3) is 0.429. The second kappa shape index (κ2) is 6.61. The largest absolute Gasteiger partial charge is 0.465 e. The van der Waals surface area contributed by atoms with E-state index in [2.05, 4.69) is 5.32 Å². The highest BCUT2D eigenvalue weighted by Crippen LogP contribution is 2.48. The van der Waals surface area contributed by atoms with Gasteiger partial charge in [0.2, 0.25) is 0 Å². The van der Waals surface area contributed by atoms with Crippen molar-refractivity contribution in [1.29, 1.82) is 0 Å². The van der Waals surface area contributed by atoms with E-state index in [0.717, 1.165) is 12.0 Å². The Labute approximate surface area is 122 Å². The number of nitrogens with one attached hydrogen (secondary N) is 1. The lowest BCUT2D eigenvalue weighted by molar-refractivity contribution is -0.145. The summed E-state index contributed by atoms with van der Waals surface area (Å²) in [6.07, 6.45) is 1.36. The lowest BCUT2D eigenvalue weighted by atomic mass is 10.1. The molecule has 0 saturated heterocycles. The fourth-order valence-electron chi connectivity index (χ4n) is 2.12. The number of benzene rings is 1. The minimum absolute atomic E-state index is 0.0717. The monoisotopic (exact) mass is 296 g/mol. The summed E-state index contributed by atoms with van der Waals surface area (Å²) in [6, 6.07) is 6.98. The Morgan fingerprint density at radius 1 is 1.45 bits per heavy atom. The van der Waals surface area contributed by atoms with Gasteiger partial charge in [0.25, 0.3) is 0 Å². The van der Waals surface area contributed by atoms with Gasteiger partial charge in [0.05, 0.1) is 12.5 Å². The molecule has 0 bridgehead atoms. The number of carbonyl (C=O) groups is 2. The molecule has 2 rings (SSSR count). The molecule has 0 spiro atoms. The Balaban J connectivity index is 1.69. The standard InChI is InChI=1S/C14H17ClN2O3/c15-10-4-1-3-9(7-10)11-8-12(11)13(18)20-6-2-5-17-14(16)19/h1,3-4,7,11-12H,2,5-6,8H2,(H3,16,17,19)/t11-,12-/m1/s1. The molecule has 2 amide bonds. The maximum absolute atomic E-state index is 11.8. The van der Waals surface area contributed by atoms with E-state index >= 15 is 0 Å². The van der Waals surface area contributed by atoms with E-state index in [1.54, 1.807) is 0 Å². The van der Waals surface area contributed by atoms with Crippen molar-refractivity contribution in [3.63, 3.8) is 0 Å². The van der Waals surface area contributed by atoms with Crippen LogP contribution in [0.25, 0.3) is 0 Å². The van der Waals surface area contributed by atoms with E-state index in [1.807, 2.05) is 24.3 Å². The zero-order valence-corrected chi connectivity index (χ0v) is 11.7. The highest BCUT2D eigenvalue weighted by atomic mass is 35.5. The number of rotatable bonds is 6. The smallest absolute Gasteiger partial charge is 0.312 e. The molecule has 0 aliphatic heterocycles. The predicted octanol–water partition coefficient (Wildman–Crippen LogP) is 2.05. The van der Waals surface area contributed by atoms with Crippen molar-refractivity contribution in [3.05, 3.63) is 34.9 Å². The average Bonchev–Trinajstić information content (AvgIpc) is 3.18. The van der Waals surface area contributed by atoms with E-state index in [4.69, 9.17) is 22.1 Å². The SMILES string of the molecule is NC(=O)NCCCOC(=O)[C@@H]1C[C@@H]1c1cccc(Cl)c1. The summed E-state index contributed by atoms with van der Waals surface area (Å²) in [5.41, 5.74) is 6.00. The molecule has 3 N–H and O–H groups in total. The molecular formula is C14H17ClN2O3. The third-order valence-corrected chi connectivity index (χ3v) is 3.47. The van der Waals surface area contributed by atoms with Gasteiger partial charge >= 0.3 is 12.0 Å². The molecule has 1 aromatic rings. The van der Waals surface area contributed by atoms with Crippen LogP contribution in [0.4, 0.5) is 4.79 Å². The van der Waals surface area contributed by atoms with Gasteiger partial charge in [-0.3, -0.25) is 4.79 Å². The highest BCUT2D eigenvalue weighted by Gasteiger charge is 2.45. The van der Waals surface area contributed by atoms with Crippen LogP contribution >= 0.6 is 11.6 Å². The summed E-state index contributed by atoms with van der Waals surface area (Å²) >= 11 is 5.93. The summed E-state index contributed by atoms with van der Waals surface area (Å²) in [4.78, 5) is 22.2. The van der Waals surface area contributed by atoms with Crippen LogP contribution in [-0.4, -0.2) is 25.2 Å². The molecule has 1 aliphatic carbocycles. The Morgan fingerprint density at radius 3 is 2.95 bits per heavy atom. The zero-order valence-electron chi connectivity index (χ0n) is 11.0. The van der Waals surface area contributed by atoms with Crippen LogP contribution in [0.1, 0.15) is 24.3 Å². The van der Waals surface area contributed by atoms with Crippen molar-refractivity contribution in [3.8, 4) is 0 Å². The van der Waals surface area contributed by atoms with E-state index in [0.29, 0.717) is 18.0 Å². The number of urea groups is 1. The second-order valence-electron chi connectivity index (χ2n) is 4.82. The Kier molecular flexibility index (Phi) is 4.84. The lowest BCUT2D eigenvalue weighted by Crippen LogP contribution is -2.30. The van der Waals surface area contributed by atoms with Crippen molar-refractivity contribution in [1.82, 2.24) is 5.32 Å². The van der Waals surface area contributed by atoms with Crippen LogP contribution in [0.2, 0.25) is 5.02 Å². The van der Waals surface area contributed by atoms with Crippen molar-refractivity contribution in [2.24, 2.45) is 11.7 Å². The minimum atomic E-state index is -0.570. The quantitative estimate of drug-likeness (QED) is 0.622. The molecule has 0 aromatic heterocycles. The molecule has 1 aliphatic rings. The molecule has 20 heavy (non-hydrogen) atoms. The first-order valence-corrected chi connectivity index (χ1v) is 6.91. The van der Waals surface area contributed by atoms with Crippen molar-refractivity contribution in [2.75, 3.05) is 13.2 Å². The number of esters is 1. The summed E-state index contributed by atoms with van der Waals surface area (Å²) in [5.74, 6) is -0.0449. The van der Waals surface area contributed by atoms with Gasteiger partial charge in [0, 0.05) is 11.6 Å². The number of halogens is 1. The molecule has 1 aromatic carbocycles. The first-order chi connectivity index (χ1) is 9.58. The highest BCUT2D eigenvalue weighted by molar-refractivity contribution is 6.30. The first-order valence-electron chi connectivity index (χ1n) is 6.53. The third kappa shape index (κ3) is 4.13. The molecule has 6 heteroatoms. The maximum atomic E-state index is 11.8. The van der Waals surface area contributed by atoms with E-state index in [-0.39, 0.29) is 24.4 Å². The Morgan fingerprint density at radius 2 is 2.25 bits per heavy atom. The molecule has 0 radical (unpaired) electrons. The van der Waals surface area contributed by atoms with Gasteiger partial charge < -0.3 is 15.8 Å². The lowest BCUT2D eigenvalue weighted by Gasteiger charge is -2.05. The molecular weight excluding hydrogens is 280 g/mol. The number of hydrogen-bond donors (Lipinski definition) is 2. The van der Waals surface area contributed by atoms with Crippen LogP contribution in [0.5, 0.6) is 0 Å². The normalized spacial score (nSPS) is 20.2. The Hall–Kier alpha value is -1.75. The zero-order chi connectivity index (χ0) is 14.5. The molecule has 0 unspecified atom stereocenters. The summed E-state index contributed by atoms with van der Waals surface area (Å²) in [6.45, 7) is 0.697. The van der Waals surface area contributed by atoms with Crippen molar-refractivity contribution in [2.45, 2.75) is 18.8 Å². The molecule has 0 heterocycles. The van der Waals surface area contributed by atoms with Gasteiger partial charge in [0.1, 0.15) is 0 Å². The van der Waals surface area contributed by atoms with Crippen LogP contribution in [0, 0.1) is 5.92 Å². The van der Waals surface area contributed by atoms with E-state index in [9.17, 15) is 9.59 Å². The van der Waals surface area contributed by atoms with Gasteiger partial charge in [-0.15, -0.1) is 0 Å². The number of hydrogen-bond acceptors (Lipinski definition) is 3. The molecule has 5 nitrogen and oxygen atoms in total. The summed E-state index contributed by atoms with van der Waals surface area (Å²) in [5, 5.41) is 3.12.